The van der Waals surface area contributed by atoms with Crippen molar-refractivity contribution < 1.29 is 9.72 Å². The molecule has 0 saturated heterocycles. The van der Waals surface area contributed by atoms with Gasteiger partial charge in [-0.2, -0.15) is 0 Å². The van der Waals surface area contributed by atoms with Gasteiger partial charge in [-0.3, -0.25) is 14.9 Å². The Morgan fingerprint density at radius 2 is 2.19 bits per heavy atom. The van der Waals surface area contributed by atoms with Crippen LogP contribution in [-0.2, 0) is 4.79 Å². The van der Waals surface area contributed by atoms with E-state index in [4.69, 9.17) is 0 Å². The number of nitro groups is 1. The molecule has 0 aliphatic carbocycles. The van der Waals surface area contributed by atoms with Gasteiger partial charge in [-0.05, 0) is 17.5 Å². The number of carbonyl (C=O) groups is 1. The van der Waals surface area contributed by atoms with E-state index in [9.17, 15) is 14.9 Å². The Hall–Kier alpha value is -1.91. The highest BCUT2D eigenvalue weighted by Gasteiger charge is 2.27. The number of amides is 1. The quantitative estimate of drug-likeness (QED) is 0.537. The fourth-order valence-electron chi connectivity index (χ4n) is 2.00. The zero-order chi connectivity index (χ0) is 11.9. The summed E-state index contributed by atoms with van der Waals surface area (Å²) in [6.45, 7) is 1.91. The average molecular weight is 220 g/mol. The molecule has 0 aromatic heterocycles. The lowest BCUT2D eigenvalue weighted by molar-refractivity contribution is -0.384. The third-order valence-corrected chi connectivity index (χ3v) is 2.97. The lowest BCUT2D eigenvalue weighted by Crippen LogP contribution is -2.32. The maximum absolute atomic E-state index is 11.6. The van der Waals surface area contributed by atoms with E-state index in [-0.39, 0.29) is 17.5 Å². The molecule has 1 aliphatic rings. The summed E-state index contributed by atoms with van der Waals surface area (Å²) in [5.74, 6) is 0.0902. The number of anilines is 1. The van der Waals surface area contributed by atoms with Crippen molar-refractivity contribution in [2.45, 2.75) is 19.3 Å². The number of nitro benzene ring substituents is 1. The van der Waals surface area contributed by atoms with Crippen LogP contribution < -0.4 is 4.90 Å². The first-order chi connectivity index (χ1) is 7.50. The molecule has 1 aromatic carbocycles. The predicted octanol–water partition coefficient (Wildman–Crippen LogP) is 2.06. The van der Waals surface area contributed by atoms with Gasteiger partial charge in [-0.25, -0.2) is 0 Å². The van der Waals surface area contributed by atoms with E-state index < -0.39 is 4.92 Å². The van der Waals surface area contributed by atoms with E-state index in [1.807, 2.05) is 6.92 Å². The van der Waals surface area contributed by atoms with Crippen molar-refractivity contribution in [1.82, 2.24) is 0 Å². The largest absolute Gasteiger partial charge is 0.315 e. The summed E-state index contributed by atoms with van der Waals surface area (Å²) in [5, 5.41) is 10.7. The molecule has 0 radical (unpaired) electrons. The summed E-state index contributed by atoms with van der Waals surface area (Å²) in [6, 6.07) is 4.63. The van der Waals surface area contributed by atoms with Gasteiger partial charge < -0.3 is 4.90 Å². The van der Waals surface area contributed by atoms with Crippen molar-refractivity contribution in [1.29, 1.82) is 0 Å². The summed E-state index contributed by atoms with van der Waals surface area (Å²) < 4.78 is 0. The zero-order valence-electron chi connectivity index (χ0n) is 9.14. The minimum absolute atomic E-state index is 0.0404. The predicted molar refractivity (Wildman–Crippen MR) is 59.5 cm³/mol. The highest BCUT2D eigenvalue weighted by atomic mass is 16.6. The summed E-state index contributed by atoms with van der Waals surface area (Å²) >= 11 is 0. The first-order valence-electron chi connectivity index (χ1n) is 5.05. The molecule has 1 amide bonds. The molecule has 84 valence electrons. The van der Waals surface area contributed by atoms with Crippen LogP contribution in [0.25, 0.3) is 0 Å². The molecular weight excluding hydrogens is 208 g/mol. The van der Waals surface area contributed by atoms with Crippen LogP contribution in [0.5, 0.6) is 0 Å². The van der Waals surface area contributed by atoms with Gasteiger partial charge in [-0.15, -0.1) is 0 Å². The molecule has 0 spiro atoms. The monoisotopic (exact) mass is 220 g/mol. The average Bonchev–Trinajstić information content (AvgIpc) is 2.25. The Labute approximate surface area is 92.8 Å². The van der Waals surface area contributed by atoms with Crippen molar-refractivity contribution in [2.75, 3.05) is 11.9 Å². The maximum atomic E-state index is 11.6. The van der Waals surface area contributed by atoms with Crippen LogP contribution in [0, 0.1) is 10.1 Å². The van der Waals surface area contributed by atoms with Gasteiger partial charge in [0.05, 0.1) is 4.92 Å². The summed E-state index contributed by atoms with van der Waals surface area (Å²) in [5.41, 5.74) is 1.72. The second-order valence-electron chi connectivity index (χ2n) is 4.06. The molecule has 0 saturated carbocycles. The second kappa shape index (κ2) is 3.59. The van der Waals surface area contributed by atoms with Crippen LogP contribution in [0.1, 0.15) is 24.8 Å². The summed E-state index contributed by atoms with van der Waals surface area (Å²) in [6.07, 6.45) is 0.407. The first-order valence-corrected chi connectivity index (χ1v) is 5.05. The first kappa shape index (κ1) is 10.6. The Bertz CT molecular complexity index is 470. The second-order valence-corrected chi connectivity index (χ2v) is 4.06. The maximum Gasteiger partial charge on any atom is 0.269 e. The minimum Gasteiger partial charge on any atom is -0.315 e. The summed E-state index contributed by atoms with van der Waals surface area (Å²) in [4.78, 5) is 23.4. The number of rotatable bonds is 1. The van der Waals surface area contributed by atoms with Gasteiger partial charge in [-0.1, -0.05) is 6.92 Å². The molecule has 0 bridgehead atoms. The number of hydrogen-bond acceptors (Lipinski definition) is 3. The standard InChI is InChI=1S/C11H12N2O3/c1-7-5-11(14)12(2)10-4-3-8(13(15)16)6-9(7)10/h3-4,6-7H,5H2,1-2H3. The molecule has 1 aliphatic heterocycles. The van der Waals surface area contributed by atoms with Gasteiger partial charge in [0.25, 0.3) is 5.69 Å². The van der Waals surface area contributed by atoms with Crippen molar-refractivity contribution >= 4 is 17.3 Å². The van der Waals surface area contributed by atoms with Crippen LogP contribution in [0.3, 0.4) is 0 Å². The van der Waals surface area contributed by atoms with Crippen molar-refractivity contribution in [3.63, 3.8) is 0 Å². The Kier molecular flexibility index (Phi) is 2.38. The fourth-order valence-corrected chi connectivity index (χ4v) is 2.00. The molecule has 1 unspecified atom stereocenters. The van der Waals surface area contributed by atoms with E-state index >= 15 is 0 Å². The van der Waals surface area contributed by atoms with E-state index in [0.29, 0.717) is 6.42 Å². The Morgan fingerprint density at radius 1 is 1.50 bits per heavy atom. The van der Waals surface area contributed by atoms with E-state index in [2.05, 4.69) is 0 Å². The van der Waals surface area contributed by atoms with E-state index in [1.165, 1.54) is 6.07 Å². The molecule has 0 fully saturated rings. The van der Waals surface area contributed by atoms with E-state index in [1.54, 1.807) is 24.1 Å². The number of non-ortho nitro benzene ring substituents is 1. The highest BCUT2D eigenvalue weighted by molar-refractivity contribution is 5.96. The van der Waals surface area contributed by atoms with Gasteiger partial charge in [0.1, 0.15) is 0 Å². The van der Waals surface area contributed by atoms with Gasteiger partial charge in [0.15, 0.2) is 0 Å². The number of nitrogens with zero attached hydrogens (tertiary/aromatic N) is 2. The van der Waals surface area contributed by atoms with Crippen molar-refractivity contribution in [2.24, 2.45) is 0 Å². The molecule has 16 heavy (non-hydrogen) atoms. The summed E-state index contributed by atoms with van der Waals surface area (Å²) in [7, 11) is 1.69. The topological polar surface area (TPSA) is 63.5 Å². The molecule has 1 atom stereocenters. The third kappa shape index (κ3) is 1.54. The van der Waals surface area contributed by atoms with E-state index in [0.717, 1.165) is 11.3 Å². The number of fused-ring (bicyclic) bond motifs is 1. The van der Waals surface area contributed by atoms with Crippen LogP contribution in [0.2, 0.25) is 0 Å². The molecule has 5 nitrogen and oxygen atoms in total. The molecule has 5 heteroatoms. The van der Waals surface area contributed by atoms with Crippen LogP contribution in [-0.4, -0.2) is 17.9 Å². The molecular formula is C11H12N2O3. The highest BCUT2D eigenvalue weighted by Crippen LogP contribution is 2.36. The van der Waals surface area contributed by atoms with Gasteiger partial charge in [0, 0.05) is 31.3 Å². The smallest absolute Gasteiger partial charge is 0.269 e. The van der Waals surface area contributed by atoms with Crippen LogP contribution in [0.15, 0.2) is 18.2 Å². The van der Waals surface area contributed by atoms with Gasteiger partial charge in [0.2, 0.25) is 5.91 Å². The number of carbonyl (C=O) groups excluding carboxylic acids is 1. The molecule has 2 rings (SSSR count). The fraction of sp³-hybridized carbons (Fsp3) is 0.364. The minimum atomic E-state index is -0.413. The van der Waals surface area contributed by atoms with Crippen LogP contribution >= 0.6 is 0 Å². The lowest BCUT2D eigenvalue weighted by Gasteiger charge is -2.29. The Balaban J connectivity index is 2.54. The Morgan fingerprint density at radius 3 is 2.81 bits per heavy atom. The van der Waals surface area contributed by atoms with Gasteiger partial charge >= 0.3 is 0 Å². The molecule has 1 heterocycles. The molecule has 1 aromatic rings. The van der Waals surface area contributed by atoms with Crippen LogP contribution in [0.4, 0.5) is 11.4 Å². The zero-order valence-corrected chi connectivity index (χ0v) is 9.14. The third-order valence-electron chi connectivity index (χ3n) is 2.97. The number of benzene rings is 1. The lowest BCUT2D eigenvalue weighted by atomic mass is 9.91. The SMILES string of the molecule is CC1CC(=O)N(C)c2ccc([N+](=O)[O-])cc21. The molecule has 0 N–H and O–H groups in total. The normalized spacial score (nSPS) is 19.5. The van der Waals surface area contributed by atoms with Crippen molar-refractivity contribution in [3.05, 3.63) is 33.9 Å². The number of hydrogen-bond donors (Lipinski definition) is 0. The van der Waals surface area contributed by atoms with Crippen molar-refractivity contribution in [3.8, 4) is 0 Å².